The number of aryl methyl sites for hydroxylation is 1. The molecule has 2 fully saturated rings. The Morgan fingerprint density at radius 3 is 2.46 bits per heavy atom. The monoisotopic (exact) mass is 379 g/mol. The third-order valence-electron chi connectivity index (χ3n) is 6.53. The van der Waals surface area contributed by atoms with E-state index in [0.717, 1.165) is 62.4 Å². The van der Waals surface area contributed by atoms with Gasteiger partial charge in [-0.05, 0) is 50.8 Å². The highest BCUT2D eigenvalue weighted by molar-refractivity contribution is 5.79. The van der Waals surface area contributed by atoms with Crippen molar-refractivity contribution in [2.24, 2.45) is 5.41 Å². The number of benzene rings is 1. The van der Waals surface area contributed by atoms with Gasteiger partial charge in [-0.3, -0.25) is 14.5 Å². The lowest BCUT2D eigenvalue weighted by Gasteiger charge is -2.39. The summed E-state index contributed by atoms with van der Waals surface area (Å²) in [7, 11) is 0. The van der Waals surface area contributed by atoms with Gasteiger partial charge in [0, 0.05) is 49.1 Å². The van der Waals surface area contributed by atoms with Crippen LogP contribution in [0, 0.1) is 19.3 Å². The number of aromatic amines is 1. The van der Waals surface area contributed by atoms with Gasteiger partial charge in [-0.1, -0.05) is 30.3 Å². The van der Waals surface area contributed by atoms with Gasteiger partial charge in [-0.25, -0.2) is 0 Å². The predicted octanol–water partition coefficient (Wildman–Crippen LogP) is 3.01. The van der Waals surface area contributed by atoms with Gasteiger partial charge >= 0.3 is 0 Å². The number of hydrogen-bond donors (Lipinski definition) is 1. The molecule has 1 amide bonds. The number of amides is 1. The fourth-order valence-electron chi connectivity index (χ4n) is 4.64. The topological polar surface area (TPSA) is 56.4 Å². The van der Waals surface area contributed by atoms with Crippen molar-refractivity contribution >= 4 is 5.91 Å². The number of carbonyl (C=O) groups excluding carboxylic acids is 1. The molecule has 5 nitrogen and oxygen atoms in total. The Morgan fingerprint density at radius 2 is 1.75 bits per heavy atom. The van der Waals surface area contributed by atoms with E-state index < -0.39 is 0 Å². The van der Waals surface area contributed by atoms with Gasteiger partial charge in [0.1, 0.15) is 0 Å². The maximum Gasteiger partial charge on any atom is 0.223 e. The van der Waals surface area contributed by atoms with Gasteiger partial charge in [0.25, 0.3) is 0 Å². The van der Waals surface area contributed by atoms with Crippen LogP contribution in [0.4, 0.5) is 0 Å². The van der Waals surface area contributed by atoms with Gasteiger partial charge in [0.15, 0.2) is 5.43 Å². The second-order valence-electron chi connectivity index (χ2n) is 8.59. The first kappa shape index (κ1) is 18.9. The molecule has 0 radical (unpaired) electrons. The van der Waals surface area contributed by atoms with Crippen LogP contribution in [0.25, 0.3) is 0 Å². The highest BCUT2D eigenvalue weighted by Gasteiger charge is 2.44. The zero-order valence-corrected chi connectivity index (χ0v) is 16.8. The molecule has 1 spiro atoms. The molecule has 148 valence electrons. The van der Waals surface area contributed by atoms with Crippen molar-refractivity contribution in [1.82, 2.24) is 14.8 Å². The maximum absolute atomic E-state index is 12.6. The summed E-state index contributed by atoms with van der Waals surface area (Å²) in [6.07, 6.45) is 4.57. The summed E-state index contributed by atoms with van der Waals surface area (Å²) >= 11 is 0. The second kappa shape index (κ2) is 7.55. The summed E-state index contributed by atoms with van der Waals surface area (Å²) in [6, 6.07) is 10.2. The minimum Gasteiger partial charge on any atom is -0.363 e. The Morgan fingerprint density at radius 1 is 1.04 bits per heavy atom. The smallest absolute Gasteiger partial charge is 0.223 e. The van der Waals surface area contributed by atoms with Crippen molar-refractivity contribution in [2.75, 3.05) is 19.6 Å². The van der Waals surface area contributed by atoms with E-state index in [2.05, 4.69) is 22.0 Å². The highest BCUT2D eigenvalue weighted by Crippen LogP contribution is 2.41. The predicted molar refractivity (Wildman–Crippen MR) is 110 cm³/mol. The lowest BCUT2D eigenvalue weighted by atomic mass is 9.77. The Balaban J connectivity index is 1.37. The van der Waals surface area contributed by atoms with Crippen molar-refractivity contribution in [3.8, 4) is 0 Å². The van der Waals surface area contributed by atoms with Gasteiger partial charge in [-0.15, -0.1) is 0 Å². The molecule has 1 N–H and O–H groups in total. The average Bonchev–Trinajstić information content (AvgIpc) is 3.00. The van der Waals surface area contributed by atoms with E-state index in [1.165, 1.54) is 5.56 Å². The molecule has 2 aromatic rings. The van der Waals surface area contributed by atoms with E-state index in [4.69, 9.17) is 0 Å². The Hall–Kier alpha value is -2.40. The van der Waals surface area contributed by atoms with Crippen LogP contribution in [0.5, 0.6) is 0 Å². The molecular weight excluding hydrogens is 350 g/mol. The van der Waals surface area contributed by atoms with Crippen molar-refractivity contribution in [1.29, 1.82) is 0 Å². The van der Waals surface area contributed by atoms with Crippen LogP contribution < -0.4 is 5.43 Å². The van der Waals surface area contributed by atoms with Crippen LogP contribution in [0.3, 0.4) is 0 Å². The lowest BCUT2D eigenvalue weighted by Crippen LogP contribution is -2.41. The first-order chi connectivity index (χ1) is 13.5. The summed E-state index contributed by atoms with van der Waals surface area (Å²) in [4.78, 5) is 32.5. The zero-order chi connectivity index (χ0) is 19.7. The Kier molecular flexibility index (Phi) is 5.11. The van der Waals surface area contributed by atoms with Crippen LogP contribution in [-0.4, -0.2) is 40.3 Å². The first-order valence-corrected chi connectivity index (χ1v) is 10.2. The maximum atomic E-state index is 12.6. The minimum atomic E-state index is 0.123. The molecule has 1 aromatic carbocycles. The van der Waals surface area contributed by atoms with Gasteiger partial charge in [0.2, 0.25) is 5.91 Å². The number of carbonyl (C=O) groups is 1. The van der Waals surface area contributed by atoms with E-state index in [1.54, 1.807) is 0 Å². The molecule has 1 aromatic heterocycles. The summed E-state index contributed by atoms with van der Waals surface area (Å²) in [5.74, 6) is 0.288. The summed E-state index contributed by atoms with van der Waals surface area (Å²) in [5.41, 5.74) is 4.06. The minimum absolute atomic E-state index is 0.123. The standard InChI is InChI=1S/C23H29N3O2/c1-17-13-24-20(18(2)22(17)28)15-25-10-8-23(9-11-25)12-21(27)26(16-23)14-19-6-4-3-5-7-19/h3-7,13H,8-12,14-16H2,1-2H3,(H,24,28). The largest absolute Gasteiger partial charge is 0.363 e. The molecule has 0 bridgehead atoms. The second-order valence-corrected chi connectivity index (χ2v) is 8.59. The zero-order valence-electron chi connectivity index (χ0n) is 16.8. The van der Waals surface area contributed by atoms with E-state index >= 15 is 0 Å². The molecular formula is C23H29N3O2. The first-order valence-electron chi connectivity index (χ1n) is 10.2. The van der Waals surface area contributed by atoms with Crippen molar-refractivity contribution < 1.29 is 4.79 Å². The molecule has 5 heteroatoms. The third kappa shape index (κ3) is 3.76. The van der Waals surface area contributed by atoms with Gasteiger partial charge in [-0.2, -0.15) is 0 Å². The summed E-state index contributed by atoms with van der Waals surface area (Å²) in [6.45, 7) is 8.06. The number of hydrogen-bond acceptors (Lipinski definition) is 3. The molecule has 0 atom stereocenters. The van der Waals surface area contributed by atoms with E-state index in [9.17, 15) is 9.59 Å². The van der Waals surface area contributed by atoms with Crippen LogP contribution in [0.15, 0.2) is 41.3 Å². The van der Waals surface area contributed by atoms with E-state index in [-0.39, 0.29) is 16.8 Å². The molecule has 2 saturated heterocycles. The fourth-order valence-corrected chi connectivity index (χ4v) is 4.64. The van der Waals surface area contributed by atoms with E-state index in [1.807, 2.05) is 43.1 Å². The number of pyridine rings is 1. The fraction of sp³-hybridized carbons (Fsp3) is 0.478. The number of nitrogens with zero attached hydrogens (tertiary/aromatic N) is 2. The van der Waals surface area contributed by atoms with Gasteiger partial charge < -0.3 is 9.88 Å². The SMILES string of the molecule is Cc1c[nH]c(CN2CCC3(CC2)CC(=O)N(Cc2ccccc2)C3)c(C)c1=O. The summed E-state index contributed by atoms with van der Waals surface area (Å²) in [5, 5.41) is 0. The molecule has 2 aliphatic heterocycles. The van der Waals surface area contributed by atoms with Crippen LogP contribution in [0.2, 0.25) is 0 Å². The van der Waals surface area contributed by atoms with Gasteiger partial charge in [0.05, 0.1) is 0 Å². The molecule has 28 heavy (non-hydrogen) atoms. The quantitative estimate of drug-likeness (QED) is 0.888. The molecule has 3 heterocycles. The number of rotatable bonds is 4. The van der Waals surface area contributed by atoms with Crippen molar-refractivity contribution in [2.45, 2.75) is 46.2 Å². The van der Waals surface area contributed by atoms with Crippen LogP contribution in [-0.2, 0) is 17.9 Å². The van der Waals surface area contributed by atoms with Crippen molar-refractivity contribution in [3.63, 3.8) is 0 Å². The Bertz CT molecular complexity index is 911. The molecule has 0 aliphatic carbocycles. The van der Waals surface area contributed by atoms with E-state index in [0.29, 0.717) is 6.42 Å². The number of piperidine rings is 1. The van der Waals surface area contributed by atoms with Crippen LogP contribution in [0.1, 0.15) is 41.6 Å². The number of nitrogens with one attached hydrogen (secondary N) is 1. The molecule has 2 aliphatic rings. The number of likely N-dealkylation sites (tertiary alicyclic amines) is 2. The normalized spacial score (nSPS) is 19.5. The molecule has 0 saturated carbocycles. The molecule has 0 unspecified atom stereocenters. The summed E-state index contributed by atoms with van der Waals surface area (Å²) < 4.78 is 0. The Labute approximate surface area is 166 Å². The molecule has 4 rings (SSSR count). The number of H-pyrrole nitrogens is 1. The number of aromatic nitrogens is 1. The van der Waals surface area contributed by atoms with Crippen LogP contribution >= 0.6 is 0 Å². The third-order valence-corrected chi connectivity index (χ3v) is 6.53. The highest BCUT2D eigenvalue weighted by atomic mass is 16.2. The average molecular weight is 380 g/mol. The lowest BCUT2D eigenvalue weighted by molar-refractivity contribution is -0.128. The van der Waals surface area contributed by atoms with Crippen molar-refractivity contribution in [3.05, 3.63) is 69.1 Å².